The van der Waals surface area contributed by atoms with Gasteiger partial charge in [0.1, 0.15) is 0 Å². The Morgan fingerprint density at radius 1 is 1.38 bits per heavy atom. The van der Waals surface area contributed by atoms with E-state index in [2.05, 4.69) is 22.9 Å². The van der Waals surface area contributed by atoms with Gasteiger partial charge in [0.15, 0.2) is 0 Å². The van der Waals surface area contributed by atoms with Gasteiger partial charge in [0.25, 0.3) is 0 Å². The summed E-state index contributed by atoms with van der Waals surface area (Å²) in [6, 6.07) is 0. The molecule has 0 aromatic carbocycles. The van der Waals surface area contributed by atoms with Gasteiger partial charge in [-0.1, -0.05) is 20.8 Å². The number of rotatable bonds is 1. The molecular weight excluding hydrogens is 166 g/mol. The van der Waals surface area contributed by atoms with Crippen LogP contribution in [0.3, 0.4) is 0 Å². The summed E-state index contributed by atoms with van der Waals surface area (Å²) in [6.07, 6.45) is 0.250. The van der Waals surface area contributed by atoms with Crippen molar-refractivity contribution >= 4 is 6.41 Å². The Morgan fingerprint density at radius 3 is 2.00 bits per heavy atom. The number of nitrogens with one attached hydrogen (secondary N) is 1. The van der Waals surface area contributed by atoms with E-state index in [9.17, 15) is 0 Å². The zero-order valence-electron chi connectivity index (χ0n) is 9.05. The van der Waals surface area contributed by atoms with E-state index in [0.717, 1.165) is 0 Å². The molecule has 1 rings (SSSR count). The molecule has 0 unspecified atom stereocenters. The minimum absolute atomic E-state index is 0.250. The highest BCUT2D eigenvalue weighted by atomic mass is 16.1. The molecule has 0 bridgehead atoms. The van der Waals surface area contributed by atoms with E-state index >= 15 is 0 Å². The highest BCUT2D eigenvalue weighted by molar-refractivity contribution is 5.42. The van der Waals surface area contributed by atoms with Crippen molar-refractivity contribution in [3.8, 4) is 0 Å². The Bertz CT molecular complexity index is 92.9. The molecule has 0 aliphatic carbocycles. The molecule has 3 N–H and O–H groups in total. The van der Waals surface area contributed by atoms with E-state index in [-0.39, 0.29) is 6.41 Å². The van der Waals surface area contributed by atoms with Gasteiger partial charge in [0.05, 0.1) is 0 Å². The van der Waals surface area contributed by atoms with E-state index in [1.165, 1.54) is 32.7 Å². The first-order valence-corrected chi connectivity index (χ1v) is 4.93. The lowest BCUT2D eigenvalue weighted by molar-refractivity contribution is -0.106. The predicted octanol–water partition coefficient (Wildman–Crippen LogP) is 0.0392. The van der Waals surface area contributed by atoms with Gasteiger partial charge in [-0.05, 0) is 6.54 Å². The van der Waals surface area contributed by atoms with Crippen LogP contribution >= 0.6 is 0 Å². The number of hydrogen-bond donors (Lipinski definition) is 2. The number of primary amides is 1. The standard InChI is InChI=1S/C6H14N2.C2H6.CH3NO/c1-2-8-5-3-7-4-6-8;1-2;2-1-3/h7H,2-6H2,1H3;1-2H3;1H,(H2,2,3). The fourth-order valence-corrected chi connectivity index (χ4v) is 1.03. The Morgan fingerprint density at radius 2 is 1.77 bits per heavy atom. The van der Waals surface area contributed by atoms with Crippen molar-refractivity contribution in [2.75, 3.05) is 32.7 Å². The molecular formula is C9H23N3O. The van der Waals surface area contributed by atoms with Crippen molar-refractivity contribution in [2.24, 2.45) is 5.73 Å². The van der Waals surface area contributed by atoms with E-state index in [0.29, 0.717) is 0 Å². The van der Waals surface area contributed by atoms with Gasteiger partial charge in [0, 0.05) is 26.2 Å². The fourth-order valence-electron chi connectivity index (χ4n) is 1.03. The molecule has 80 valence electrons. The van der Waals surface area contributed by atoms with Gasteiger partial charge in [-0.2, -0.15) is 0 Å². The topological polar surface area (TPSA) is 58.4 Å². The van der Waals surface area contributed by atoms with Crippen LogP contribution in [0.15, 0.2) is 0 Å². The molecule has 0 aromatic rings. The second-order valence-electron chi connectivity index (χ2n) is 2.32. The van der Waals surface area contributed by atoms with Crippen LogP contribution < -0.4 is 11.1 Å². The number of carbonyl (C=O) groups excluding carboxylic acids is 1. The molecule has 1 aliphatic heterocycles. The molecule has 1 heterocycles. The number of amides is 1. The minimum atomic E-state index is 0.250. The number of hydrogen-bond acceptors (Lipinski definition) is 3. The first kappa shape index (κ1) is 14.9. The van der Waals surface area contributed by atoms with Crippen molar-refractivity contribution in [1.82, 2.24) is 10.2 Å². The lowest BCUT2D eigenvalue weighted by atomic mass is 10.4. The summed E-state index contributed by atoms with van der Waals surface area (Å²) in [5.74, 6) is 0. The Balaban J connectivity index is 0. The molecule has 1 saturated heterocycles. The lowest BCUT2D eigenvalue weighted by Crippen LogP contribution is -2.43. The third kappa shape index (κ3) is 11.4. The smallest absolute Gasteiger partial charge is 0.204 e. The van der Waals surface area contributed by atoms with Crippen molar-refractivity contribution in [2.45, 2.75) is 20.8 Å². The average Bonchev–Trinajstić information content (AvgIpc) is 2.23. The zero-order chi connectivity index (χ0) is 10.5. The van der Waals surface area contributed by atoms with E-state index in [1.54, 1.807) is 0 Å². The van der Waals surface area contributed by atoms with Crippen LogP contribution in [0.4, 0.5) is 0 Å². The first-order chi connectivity index (χ1) is 6.35. The summed E-state index contributed by atoms with van der Waals surface area (Å²) in [5, 5.41) is 3.31. The summed E-state index contributed by atoms with van der Waals surface area (Å²) in [5.41, 5.74) is 4.17. The Kier molecular flexibility index (Phi) is 16.0. The number of piperazine rings is 1. The van der Waals surface area contributed by atoms with Gasteiger partial charge in [-0.3, -0.25) is 4.79 Å². The third-order valence-electron chi connectivity index (χ3n) is 1.66. The fraction of sp³-hybridized carbons (Fsp3) is 0.889. The molecule has 0 saturated carbocycles. The SMILES string of the molecule is CC.CCN1CCNCC1.NC=O. The molecule has 0 aromatic heterocycles. The first-order valence-electron chi connectivity index (χ1n) is 4.93. The van der Waals surface area contributed by atoms with Crippen LogP contribution in [-0.2, 0) is 4.79 Å². The summed E-state index contributed by atoms with van der Waals surface area (Å²) >= 11 is 0. The molecule has 1 amide bonds. The molecule has 0 radical (unpaired) electrons. The minimum Gasteiger partial charge on any atom is -0.372 e. The van der Waals surface area contributed by atoms with Crippen LogP contribution in [-0.4, -0.2) is 44.0 Å². The van der Waals surface area contributed by atoms with Crippen molar-refractivity contribution in [3.05, 3.63) is 0 Å². The van der Waals surface area contributed by atoms with E-state index < -0.39 is 0 Å². The molecule has 1 fully saturated rings. The molecule has 4 heteroatoms. The van der Waals surface area contributed by atoms with Crippen molar-refractivity contribution in [1.29, 1.82) is 0 Å². The largest absolute Gasteiger partial charge is 0.372 e. The molecule has 0 atom stereocenters. The molecule has 0 spiro atoms. The number of nitrogens with two attached hydrogens (primary N) is 1. The van der Waals surface area contributed by atoms with Gasteiger partial charge < -0.3 is 16.0 Å². The zero-order valence-corrected chi connectivity index (χ0v) is 9.05. The van der Waals surface area contributed by atoms with Crippen LogP contribution in [0, 0.1) is 0 Å². The summed E-state index contributed by atoms with van der Waals surface area (Å²) in [4.78, 5) is 11.0. The maximum atomic E-state index is 8.58. The third-order valence-corrected chi connectivity index (χ3v) is 1.66. The summed E-state index contributed by atoms with van der Waals surface area (Å²) in [6.45, 7) is 12.2. The highest BCUT2D eigenvalue weighted by Crippen LogP contribution is 1.88. The van der Waals surface area contributed by atoms with E-state index in [4.69, 9.17) is 4.79 Å². The molecule has 4 nitrogen and oxygen atoms in total. The van der Waals surface area contributed by atoms with Gasteiger partial charge in [-0.25, -0.2) is 0 Å². The van der Waals surface area contributed by atoms with Crippen LogP contribution in [0.2, 0.25) is 0 Å². The lowest BCUT2D eigenvalue weighted by Gasteiger charge is -2.25. The number of likely N-dealkylation sites (N-methyl/N-ethyl adjacent to an activating group) is 1. The quantitative estimate of drug-likeness (QED) is 0.573. The second-order valence-corrected chi connectivity index (χ2v) is 2.32. The normalized spacial score (nSPS) is 15.9. The van der Waals surface area contributed by atoms with E-state index in [1.807, 2.05) is 13.8 Å². The number of nitrogens with zero attached hydrogens (tertiary/aromatic N) is 1. The maximum Gasteiger partial charge on any atom is 0.204 e. The van der Waals surface area contributed by atoms with Crippen LogP contribution in [0.1, 0.15) is 20.8 Å². The van der Waals surface area contributed by atoms with Crippen LogP contribution in [0.25, 0.3) is 0 Å². The van der Waals surface area contributed by atoms with Crippen molar-refractivity contribution < 1.29 is 4.79 Å². The van der Waals surface area contributed by atoms with Gasteiger partial charge >= 0.3 is 0 Å². The van der Waals surface area contributed by atoms with Crippen LogP contribution in [0.5, 0.6) is 0 Å². The monoisotopic (exact) mass is 189 g/mol. The average molecular weight is 189 g/mol. The Hall–Kier alpha value is -0.610. The van der Waals surface area contributed by atoms with Gasteiger partial charge in [-0.15, -0.1) is 0 Å². The summed E-state index contributed by atoms with van der Waals surface area (Å²) < 4.78 is 0. The predicted molar refractivity (Wildman–Crippen MR) is 56.6 cm³/mol. The van der Waals surface area contributed by atoms with Crippen molar-refractivity contribution in [3.63, 3.8) is 0 Å². The Labute approximate surface area is 81.5 Å². The molecule has 1 aliphatic rings. The number of carbonyl (C=O) groups is 1. The summed E-state index contributed by atoms with van der Waals surface area (Å²) in [7, 11) is 0. The maximum absolute atomic E-state index is 8.58. The highest BCUT2D eigenvalue weighted by Gasteiger charge is 2.04. The second kappa shape index (κ2) is 13.9. The van der Waals surface area contributed by atoms with Gasteiger partial charge in [0.2, 0.25) is 6.41 Å². The molecule has 13 heavy (non-hydrogen) atoms.